The van der Waals surface area contributed by atoms with Gasteiger partial charge in [0.25, 0.3) is 0 Å². The van der Waals surface area contributed by atoms with Gasteiger partial charge in [-0.3, -0.25) is 4.79 Å². The average molecular weight is 368 g/mol. The van der Waals surface area contributed by atoms with E-state index in [2.05, 4.69) is 5.32 Å². The molecule has 1 amide bonds. The lowest BCUT2D eigenvalue weighted by Crippen LogP contribution is -2.47. The lowest BCUT2D eigenvalue weighted by molar-refractivity contribution is -0.153. The Morgan fingerprint density at radius 2 is 1.81 bits per heavy atom. The molecule has 0 saturated carbocycles. The minimum Gasteiger partial charge on any atom is -0.479 e. The van der Waals surface area contributed by atoms with Crippen molar-refractivity contribution in [1.82, 2.24) is 5.32 Å². The molecule has 0 saturated heterocycles. The van der Waals surface area contributed by atoms with Crippen LogP contribution >= 0.6 is 0 Å². The molecular formula is C18H28N2O6. The molecule has 0 fully saturated rings. The van der Waals surface area contributed by atoms with Gasteiger partial charge in [0.2, 0.25) is 5.91 Å². The molecule has 0 aliphatic rings. The molecule has 0 aliphatic carbocycles. The van der Waals surface area contributed by atoms with Crippen molar-refractivity contribution < 1.29 is 29.3 Å². The number of amides is 1. The van der Waals surface area contributed by atoms with E-state index in [1.165, 1.54) is 0 Å². The first-order chi connectivity index (χ1) is 12.3. The minimum atomic E-state index is -1.04. The van der Waals surface area contributed by atoms with Crippen LogP contribution in [0.4, 0.5) is 0 Å². The number of benzene rings is 1. The first kappa shape index (κ1) is 22.0. The van der Waals surface area contributed by atoms with Gasteiger partial charge in [-0.1, -0.05) is 30.3 Å². The third kappa shape index (κ3) is 8.39. The predicted octanol–water partition coefficient (Wildman–Crippen LogP) is -0.0717. The number of carboxylic acid groups (broad SMARTS) is 1. The van der Waals surface area contributed by atoms with Crippen LogP contribution in [0.25, 0.3) is 0 Å². The molecule has 0 aromatic heterocycles. The van der Waals surface area contributed by atoms with Crippen molar-refractivity contribution in [3.63, 3.8) is 0 Å². The van der Waals surface area contributed by atoms with Gasteiger partial charge in [-0.2, -0.15) is 0 Å². The van der Waals surface area contributed by atoms with E-state index >= 15 is 0 Å². The molecule has 1 aromatic carbocycles. The second-order valence-corrected chi connectivity index (χ2v) is 6.17. The van der Waals surface area contributed by atoms with Crippen molar-refractivity contribution in [2.45, 2.75) is 44.6 Å². The van der Waals surface area contributed by atoms with Crippen LogP contribution < -0.4 is 11.1 Å². The largest absolute Gasteiger partial charge is 0.479 e. The third-order valence-electron chi connectivity index (χ3n) is 3.63. The van der Waals surface area contributed by atoms with E-state index in [9.17, 15) is 19.8 Å². The highest BCUT2D eigenvalue weighted by Crippen LogP contribution is 2.08. The van der Waals surface area contributed by atoms with E-state index in [0.29, 0.717) is 0 Å². The lowest BCUT2D eigenvalue weighted by Gasteiger charge is -2.22. The molecule has 4 atom stereocenters. The zero-order valence-electron chi connectivity index (χ0n) is 15.1. The summed E-state index contributed by atoms with van der Waals surface area (Å²) in [7, 11) is 0. The molecule has 0 spiro atoms. The van der Waals surface area contributed by atoms with Crippen LogP contribution in [-0.4, -0.2) is 66.2 Å². The van der Waals surface area contributed by atoms with Gasteiger partial charge in [-0.15, -0.1) is 0 Å². The molecule has 1 aromatic rings. The number of nitrogens with one attached hydrogen (secondary N) is 1. The fourth-order valence-corrected chi connectivity index (χ4v) is 2.10. The molecular weight excluding hydrogens is 340 g/mol. The number of carbonyl (C=O) groups excluding carboxylic acids is 1. The van der Waals surface area contributed by atoms with Gasteiger partial charge in [-0.25, -0.2) is 4.79 Å². The maximum atomic E-state index is 11.5. The smallest absolute Gasteiger partial charge is 0.333 e. The molecule has 26 heavy (non-hydrogen) atoms. The van der Waals surface area contributed by atoms with E-state index in [0.717, 1.165) is 5.56 Å². The fourth-order valence-electron chi connectivity index (χ4n) is 2.10. The summed E-state index contributed by atoms with van der Waals surface area (Å²) in [5.74, 6) is -1.43. The maximum absolute atomic E-state index is 11.5. The summed E-state index contributed by atoms with van der Waals surface area (Å²) in [5, 5.41) is 21.1. The van der Waals surface area contributed by atoms with E-state index in [-0.39, 0.29) is 32.1 Å². The van der Waals surface area contributed by atoms with Crippen LogP contribution in [-0.2, 0) is 25.5 Å². The Bertz CT molecular complexity index is 552. The zero-order chi connectivity index (χ0) is 19.5. The van der Waals surface area contributed by atoms with Crippen molar-refractivity contribution in [1.29, 1.82) is 0 Å². The SMILES string of the molecule is C[C@H](N)C(=O)N[C@@H](CO)CO[C@@H](C)CO[C@@H](Cc1ccccc1)C(=O)O. The van der Waals surface area contributed by atoms with Crippen LogP contribution in [0.1, 0.15) is 19.4 Å². The summed E-state index contributed by atoms with van der Waals surface area (Å²) in [6.07, 6.45) is -1.13. The normalized spacial score (nSPS) is 15.7. The molecule has 0 bridgehead atoms. The van der Waals surface area contributed by atoms with Gasteiger partial charge < -0.3 is 30.7 Å². The van der Waals surface area contributed by atoms with Crippen molar-refractivity contribution in [2.75, 3.05) is 19.8 Å². The summed E-state index contributed by atoms with van der Waals surface area (Å²) in [6, 6.07) is 7.95. The van der Waals surface area contributed by atoms with Crippen molar-refractivity contribution >= 4 is 11.9 Å². The molecule has 5 N–H and O–H groups in total. The summed E-state index contributed by atoms with van der Waals surface area (Å²) in [4.78, 5) is 22.9. The molecule has 8 heteroatoms. The highest BCUT2D eigenvalue weighted by molar-refractivity contribution is 5.81. The lowest BCUT2D eigenvalue weighted by atomic mass is 10.1. The standard InChI is InChI=1S/C18H28N2O6/c1-12(25-11-15(9-21)20-17(22)13(2)19)10-26-16(18(23)24)8-14-6-4-3-5-7-14/h3-7,12-13,15-16,21H,8-11,19H2,1-2H3,(H,20,22)(H,23,24)/t12-,13-,15-,16-/m0/s1. The van der Waals surface area contributed by atoms with Crippen LogP contribution in [0.3, 0.4) is 0 Å². The van der Waals surface area contributed by atoms with E-state index in [4.69, 9.17) is 15.2 Å². The second kappa shape index (κ2) is 11.6. The topological polar surface area (TPSA) is 131 Å². The molecule has 0 radical (unpaired) electrons. The molecule has 1 rings (SSSR count). The number of aliphatic hydroxyl groups excluding tert-OH is 1. The van der Waals surface area contributed by atoms with Crippen molar-refractivity contribution in [3.8, 4) is 0 Å². The van der Waals surface area contributed by atoms with Gasteiger partial charge in [0.15, 0.2) is 6.10 Å². The number of ether oxygens (including phenoxy) is 2. The van der Waals surface area contributed by atoms with Crippen LogP contribution in [0.15, 0.2) is 30.3 Å². The molecule has 0 heterocycles. The van der Waals surface area contributed by atoms with Crippen molar-refractivity contribution in [2.24, 2.45) is 5.73 Å². The molecule has 0 unspecified atom stereocenters. The number of hydrogen-bond donors (Lipinski definition) is 4. The Kier molecular flexibility index (Phi) is 9.82. The number of carbonyl (C=O) groups is 2. The van der Waals surface area contributed by atoms with E-state index in [1.807, 2.05) is 30.3 Å². The van der Waals surface area contributed by atoms with Crippen LogP contribution in [0, 0.1) is 0 Å². The van der Waals surface area contributed by atoms with Crippen molar-refractivity contribution in [3.05, 3.63) is 35.9 Å². The monoisotopic (exact) mass is 368 g/mol. The van der Waals surface area contributed by atoms with Crippen LogP contribution in [0.5, 0.6) is 0 Å². The molecule has 8 nitrogen and oxygen atoms in total. The second-order valence-electron chi connectivity index (χ2n) is 6.17. The molecule has 0 aliphatic heterocycles. The zero-order valence-corrected chi connectivity index (χ0v) is 15.1. The summed E-state index contributed by atoms with van der Waals surface area (Å²) < 4.78 is 11.0. The maximum Gasteiger partial charge on any atom is 0.333 e. The summed E-state index contributed by atoms with van der Waals surface area (Å²) in [5.41, 5.74) is 6.33. The first-order valence-corrected chi connectivity index (χ1v) is 8.50. The first-order valence-electron chi connectivity index (χ1n) is 8.50. The fraction of sp³-hybridized carbons (Fsp3) is 0.556. The van der Waals surface area contributed by atoms with E-state index in [1.54, 1.807) is 13.8 Å². The van der Waals surface area contributed by atoms with Gasteiger partial charge in [0.1, 0.15) is 0 Å². The number of nitrogens with two attached hydrogens (primary N) is 1. The van der Waals surface area contributed by atoms with Gasteiger partial charge in [0, 0.05) is 6.42 Å². The summed E-state index contributed by atoms with van der Waals surface area (Å²) in [6.45, 7) is 3.11. The quantitative estimate of drug-likeness (QED) is 0.406. The Morgan fingerprint density at radius 3 is 2.35 bits per heavy atom. The van der Waals surface area contributed by atoms with Gasteiger partial charge in [0.05, 0.1) is 38.0 Å². The highest BCUT2D eigenvalue weighted by atomic mass is 16.5. The summed E-state index contributed by atoms with van der Waals surface area (Å²) >= 11 is 0. The highest BCUT2D eigenvalue weighted by Gasteiger charge is 2.21. The van der Waals surface area contributed by atoms with Gasteiger partial charge in [-0.05, 0) is 19.4 Å². The average Bonchev–Trinajstić information content (AvgIpc) is 2.62. The van der Waals surface area contributed by atoms with E-state index < -0.39 is 30.3 Å². The van der Waals surface area contributed by atoms with Crippen LogP contribution in [0.2, 0.25) is 0 Å². The number of carboxylic acids is 1. The Balaban J connectivity index is 2.41. The Labute approximate surface area is 153 Å². The number of rotatable bonds is 12. The number of aliphatic carboxylic acids is 1. The van der Waals surface area contributed by atoms with Gasteiger partial charge >= 0.3 is 5.97 Å². The predicted molar refractivity (Wildman–Crippen MR) is 95.6 cm³/mol. The molecule has 146 valence electrons. The minimum absolute atomic E-state index is 0.0654. The Morgan fingerprint density at radius 1 is 1.15 bits per heavy atom. The number of aliphatic hydroxyl groups is 1. The number of hydrogen-bond acceptors (Lipinski definition) is 6. The third-order valence-corrected chi connectivity index (χ3v) is 3.63. The Hall–Kier alpha value is -2.00.